The minimum absolute atomic E-state index is 0.0600. The van der Waals surface area contributed by atoms with Gasteiger partial charge in [-0.2, -0.15) is 0 Å². The molecule has 0 radical (unpaired) electrons. The van der Waals surface area contributed by atoms with Gasteiger partial charge in [0.1, 0.15) is 17.8 Å². The monoisotopic (exact) mass is 504 g/mol. The molecule has 1 unspecified atom stereocenters. The zero-order chi connectivity index (χ0) is 25.7. The van der Waals surface area contributed by atoms with Crippen molar-refractivity contribution in [3.63, 3.8) is 0 Å². The van der Waals surface area contributed by atoms with E-state index in [0.717, 1.165) is 27.9 Å². The van der Waals surface area contributed by atoms with Crippen LogP contribution in [0.5, 0.6) is 17.2 Å². The topological polar surface area (TPSA) is 77.1 Å². The highest BCUT2D eigenvalue weighted by molar-refractivity contribution is 6.11. The van der Waals surface area contributed by atoms with E-state index >= 15 is 0 Å². The summed E-state index contributed by atoms with van der Waals surface area (Å²) >= 11 is 0. The van der Waals surface area contributed by atoms with Crippen LogP contribution in [-0.2, 0) is 23.3 Å². The molecule has 0 aliphatic carbocycles. The second kappa shape index (κ2) is 8.66. The molecule has 4 aromatic rings. The summed E-state index contributed by atoms with van der Waals surface area (Å²) in [4.78, 5) is 28.9. The van der Waals surface area contributed by atoms with Crippen LogP contribution >= 0.6 is 0 Å². The van der Waals surface area contributed by atoms with Gasteiger partial charge in [-0.05, 0) is 41.0 Å². The number of rotatable bonds is 5. The molecule has 1 N–H and O–H groups in total. The number of hydrogen-bond donors (Lipinski definition) is 1. The van der Waals surface area contributed by atoms with E-state index in [-0.39, 0.29) is 25.2 Å². The van der Waals surface area contributed by atoms with Crippen LogP contribution in [0.3, 0.4) is 0 Å². The Kier molecular flexibility index (Phi) is 5.11. The third-order valence-electron chi connectivity index (χ3n) is 7.47. The molecule has 0 saturated carbocycles. The first-order valence-corrected chi connectivity index (χ1v) is 12.5. The average Bonchev–Trinajstić information content (AvgIpc) is 3.64. The molecule has 3 aliphatic rings. The van der Waals surface area contributed by atoms with Crippen molar-refractivity contribution in [1.82, 2.24) is 5.32 Å². The Bertz CT molecular complexity index is 1580. The summed E-state index contributed by atoms with van der Waals surface area (Å²) < 4.78 is 17.2. The second-order valence-corrected chi connectivity index (χ2v) is 9.67. The summed E-state index contributed by atoms with van der Waals surface area (Å²) in [6, 6.07) is 28.7. The Balaban J connectivity index is 1.18. The second-order valence-electron chi connectivity index (χ2n) is 9.67. The van der Waals surface area contributed by atoms with Crippen molar-refractivity contribution in [3.05, 3.63) is 119 Å². The lowest BCUT2D eigenvalue weighted by Crippen LogP contribution is -2.42. The largest absolute Gasteiger partial charge is 0.491 e. The first-order valence-electron chi connectivity index (χ1n) is 12.5. The molecule has 7 nitrogen and oxygen atoms in total. The maximum atomic E-state index is 14.2. The molecule has 38 heavy (non-hydrogen) atoms. The first-order chi connectivity index (χ1) is 18.6. The Hall–Kier alpha value is -4.78. The molecule has 3 aliphatic heterocycles. The molecule has 1 spiro atoms. The highest BCUT2D eigenvalue weighted by atomic mass is 16.7. The molecule has 0 fully saturated rings. The Morgan fingerprint density at radius 2 is 1.55 bits per heavy atom. The summed E-state index contributed by atoms with van der Waals surface area (Å²) in [5.74, 6) is 1.66. The van der Waals surface area contributed by atoms with E-state index < -0.39 is 5.41 Å². The number of para-hydroxylation sites is 1. The van der Waals surface area contributed by atoms with Crippen LogP contribution in [0.4, 0.5) is 5.69 Å². The van der Waals surface area contributed by atoms with E-state index in [1.807, 2.05) is 84.9 Å². The van der Waals surface area contributed by atoms with Crippen LogP contribution in [0, 0.1) is 0 Å². The van der Waals surface area contributed by atoms with E-state index in [0.29, 0.717) is 35.9 Å². The maximum absolute atomic E-state index is 14.2. The zero-order valence-electron chi connectivity index (χ0n) is 20.5. The number of nitrogens with zero attached hydrogens (tertiary/aromatic N) is 1. The summed E-state index contributed by atoms with van der Waals surface area (Å²) in [5.41, 5.74) is 4.01. The number of amides is 2. The molecule has 0 aromatic heterocycles. The first kappa shape index (κ1) is 22.4. The zero-order valence-corrected chi connectivity index (χ0v) is 20.5. The Morgan fingerprint density at radius 1 is 0.789 bits per heavy atom. The van der Waals surface area contributed by atoms with E-state index in [9.17, 15) is 9.59 Å². The SMILES string of the molecule is O=C(NCc1ccccc1)c1cccc(CN2C(=O)C3(COc4cc5c(cc43)OCO5)c3ccccc32)c1. The molecule has 188 valence electrons. The smallest absolute Gasteiger partial charge is 0.251 e. The molecular formula is C31H24N2O5. The standard InChI is InChI=1S/C31H24N2O5/c34-29(32-16-20-7-2-1-3-8-20)22-10-6-9-21(13-22)17-33-25-12-5-4-11-23(25)31(30(33)35)18-36-26-15-28-27(14-24(26)31)37-19-38-28/h1-15H,16-19H2,(H,32,34). The maximum Gasteiger partial charge on any atom is 0.251 e. The van der Waals surface area contributed by atoms with Gasteiger partial charge in [-0.1, -0.05) is 60.7 Å². The molecule has 7 heteroatoms. The number of nitrogens with one attached hydrogen (secondary N) is 1. The number of anilines is 1. The average molecular weight is 505 g/mol. The molecule has 0 saturated heterocycles. The van der Waals surface area contributed by atoms with Crippen LogP contribution in [0.2, 0.25) is 0 Å². The molecule has 0 bridgehead atoms. The lowest BCUT2D eigenvalue weighted by molar-refractivity contribution is -0.122. The number of carbonyl (C=O) groups excluding carboxylic acids is 2. The molecular weight excluding hydrogens is 480 g/mol. The lowest BCUT2D eigenvalue weighted by Gasteiger charge is -2.23. The van der Waals surface area contributed by atoms with Crippen molar-refractivity contribution in [2.24, 2.45) is 0 Å². The van der Waals surface area contributed by atoms with Gasteiger partial charge in [0.15, 0.2) is 11.5 Å². The van der Waals surface area contributed by atoms with Crippen molar-refractivity contribution >= 4 is 17.5 Å². The van der Waals surface area contributed by atoms with Crippen LogP contribution in [0.1, 0.15) is 32.6 Å². The number of hydrogen-bond acceptors (Lipinski definition) is 5. The van der Waals surface area contributed by atoms with Gasteiger partial charge in [-0.3, -0.25) is 9.59 Å². The fraction of sp³-hybridized carbons (Fsp3) is 0.161. The van der Waals surface area contributed by atoms with Crippen molar-refractivity contribution in [2.75, 3.05) is 18.3 Å². The summed E-state index contributed by atoms with van der Waals surface area (Å²) in [6.45, 7) is 1.14. The van der Waals surface area contributed by atoms with Gasteiger partial charge >= 0.3 is 0 Å². The van der Waals surface area contributed by atoms with Crippen LogP contribution in [0.15, 0.2) is 91.0 Å². The van der Waals surface area contributed by atoms with E-state index in [1.54, 1.807) is 11.0 Å². The predicted octanol–water partition coefficient (Wildman–Crippen LogP) is 4.57. The number of fused-ring (bicyclic) bond motifs is 5. The van der Waals surface area contributed by atoms with Crippen molar-refractivity contribution < 1.29 is 23.8 Å². The summed E-state index contributed by atoms with van der Waals surface area (Å²) in [5, 5.41) is 2.97. The minimum Gasteiger partial charge on any atom is -0.491 e. The van der Waals surface area contributed by atoms with Gasteiger partial charge < -0.3 is 24.4 Å². The number of carbonyl (C=O) groups is 2. The number of ether oxygens (including phenoxy) is 3. The highest BCUT2D eigenvalue weighted by Crippen LogP contribution is 2.55. The number of benzene rings is 4. The third-order valence-corrected chi connectivity index (χ3v) is 7.47. The van der Waals surface area contributed by atoms with E-state index in [4.69, 9.17) is 14.2 Å². The van der Waals surface area contributed by atoms with Gasteiger partial charge in [0, 0.05) is 29.4 Å². The van der Waals surface area contributed by atoms with Gasteiger partial charge in [-0.25, -0.2) is 0 Å². The van der Waals surface area contributed by atoms with Gasteiger partial charge in [0.25, 0.3) is 5.91 Å². The normalized spacial score (nSPS) is 18.3. The molecule has 2 amide bonds. The van der Waals surface area contributed by atoms with Gasteiger partial charge in [0.2, 0.25) is 12.7 Å². The third kappa shape index (κ3) is 3.43. The summed E-state index contributed by atoms with van der Waals surface area (Å²) in [7, 11) is 0. The fourth-order valence-corrected chi connectivity index (χ4v) is 5.60. The minimum atomic E-state index is -0.961. The van der Waals surface area contributed by atoms with Crippen LogP contribution < -0.4 is 24.4 Å². The quantitative estimate of drug-likeness (QED) is 0.431. The molecule has 4 aromatic carbocycles. The lowest BCUT2D eigenvalue weighted by atomic mass is 9.77. The van der Waals surface area contributed by atoms with E-state index in [2.05, 4.69) is 5.32 Å². The van der Waals surface area contributed by atoms with Crippen molar-refractivity contribution in [2.45, 2.75) is 18.5 Å². The molecule has 1 atom stereocenters. The predicted molar refractivity (Wildman–Crippen MR) is 141 cm³/mol. The fourth-order valence-electron chi connectivity index (χ4n) is 5.60. The van der Waals surface area contributed by atoms with Crippen molar-refractivity contribution in [3.8, 4) is 17.2 Å². The van der Waals surface area contributed by atoms with Crippen molar-refractivity contribution in [1.29, 1.82) is 0 Å². The summed E-state index contributed by atoms with van der Waals surface area (Å²) in [6.07, 6.45) is 0. The van der Waals surface area contributed by atoms with Gasteiger partial charge in [-0.15, -0.1) is 0 Å². The highest BCUT2D eigenvalue weighted by Gasteiger charge is 2.57. The molecule has 7 rings (SSSR count). The Morgan fingerprint density at radius 3 is 2.42 bits per heavy atom. The van der Waals surface area contributed by atoms with Crippen LogP contribution in [0.25, 0.3) is 0 Å². The van der Waals surface area contributed by atoms with Gasteiger partial charge in [0.05, 0.1) is 6.54 Å². The van der Waals surface area contributed by atoms with E-state index in [1.165, 1.54) is 0 Å². The van der Waals surface area contributed by atoms with Crippen LogP contribution in [-0.4, -0.2) is 25.2 Å². The molecule has 3 heterocycles. The Labute approximate surface area is 219 Å².